The van der Waals surface area contributed by atoms with Crippen molar-refractivity contribution >= 4 is 0 Å². The Hall–Kier alpha value is -1.61. The number of pyridine rings is 1. The van der Waals surface area contributed by atoms with Crippen molar-refractivity contribution in [2.75, 3.05) is 6.54 Å². The molecule has 1 N–H and O–H groups in total. The summed E-state index contributed by atoms with van der Waals surface area (Å²) in [4.78, 5) is 4.23. The van der Waals surface area contributed by atoms with Gasteiger partial charge in [-0.2, -0.15) is 0 Å². The first-order chi connectivity index (χ1) is 7.81. The average molecular weight is 216 g/mol. The molecule has 0 aliphatic rings. The second kappa shape index (κ2) is 4.94. The van der Waals surface area contributed by atoms with Gasteiger partial charge in [-0.05, 0) is 30.7 Å². The molecule has 3 nitrogen and oxygen atoms in total. The van der Waals surface area contributed by atoms with Gasteiger partial charge in [-0.1, -0.05) is 13.0 Å². The normalized spacial score (nSPS) is 12.6. The summed E-state index contributed by atoms with van der Waals surface area (Å²) < 4.78 is 5.13. The lowest BCUT2D eigenvalue weighted by molar-refractivity contribution is 0.552. The molecule has 0 aliphatic heterocycles. The zero-order valence-electron chi connectivity index (χ0n) is 9.60. The van der Waals surface area contributed by atoms with E-state index >= 15 is 0 Å². The molecule has 0 saturated carbocycles. The minimum absolute atomic E-state index is 0.163. The minimum Gasteiger partial charge on any atom is -0.472 e. The quantitative estimate of drug-likeness (QED) is 0.853. The zero-order chi connectivity index (χ0) is 11.4. The number of aromatic nitrogens is 1. The van der Waals surface area contributed by atoms with Crippen LogP contribution < -0.4 is 5.32 Å². The summed E-state index contributed by atoms with van der Waals surface area (Å²) in [5.41, 5.74) is 3.47. The highest BCUT2D eigenvalue weighted by Gasteiger charge is 2.14. The Morgan fingerprint density at radius 1 is 1.38 bits per heavy atom. The number of hydrogen-bond acceptors (Lipinski definition) is 3. The number of hydrogen-bond donors (Lipinski definition) is 1. The van der Waals surface area contributed by atoms with E-state index in [1.807, 2.05) is 18.5 Å². The van der Waals surface area contributed by atoms with Crippen LogP contribution in [0.15, 0.2) is 41.5 Å². The first-order valence-electron chi connectivity index (χ1n) is 5.48. The Kier molecular flexibility index (Phi) is 3.37. The van der Waals surface area contributed by atoms with Gasteiger partial charge in [0.1, 0.15) is 0 Å². The maximum atomic E-state index is 5.13. The summed E-state index contributed by atoms with van der Waals surface area (Å²) in [6.45, 7) is 5.05. The van der Waals surface area contributed by atoms with E-state index in [0.717, 1.165) is 12.1 Å². The smallest absolute Gasteiger partial charge is 0.0953 e. The fourth-order valence-electron chi connectivity index (χ4n) is 1.81. The van der Waals surface area contributed by atoms with E-state index < -0.39 is 0 Å². The molecule has 0 radical (unpaired) electrons. The number of nitrogens with one attached hydrogen (secondary N) is 1. The van der Waals surface area contributed by atoms with E-state index in [2.05, 4.69) is 30.2 Å². The van der Waals surface area contributed by atoms with Gasteiger partial charge in [-0.25, -0.2) is 0 Å². The largest absolute Gasteiger partial charge is 0.472 e. The van der Waals surface area contributed by atoms with Crippen molar-refractivity contribution in [1.82, 2.24) is 10.3 Å². The highest BCUT2D eigenvalue weighted by atomic mass is 16.3. The molecule has 0 fully saturated rings. The van der Waals surface area contributed by atoms with Crippen molar-refractivity contribution < 1.29 is 4.42 Å². The predicted octanol–water partition coefficient (Wildman–Crippen LogP) is 2.68. The molecular formula is C13H16N2O. The van der Waals surface area contributed by atoms with Crippen LogP contribution in [0, 0.1) is 6.92 Å². The molecule has 1 atom stereocenters. The SMILES string of the molecule is CCNC(c1ccoc1)c1cncc(C)c1. The van der Waals surface area contributed by atoms with Gasteiger partial charge in [0.2, 0.25) is 0 Å². The second-order valence-corrected chi connectivity index (χ2v) is 3.84. The number of rotatable bonds is 4. The molecule has 16 heavy (non-hydrogen) atoms. The third-order valence-electron chi connectivity index (χ3n) is 2.51. The molecule has 3 heteroatoms. The topological polar surface area (TPSA) is 38.1 Å². The Labute approximate surface area is 95.5 Å². The standard InChI is InChI=1S/C13H16N2O/c1-3-15-13(11-4-5-16-9-11)12-6-10(2)7-14-8-12/h4-9,13,15H,3H2,1-2H3. The maximum Gasteiger partial charge on any atom is 0.0953 e. The third-order valence-corrected chi connectivity index (χ3v) is 2.51. The molecular weight excluding hydrogens is 200 g/mol. The number of aryl methyl sites for hydroxylation is 1. The summed E-state index contributed by atoms with van der Waals surface area (Å²) in [5.74, 6) is 0. The van der Waals surface area contributed by atoms with Crippen LogP contribution in [0.2, 0.25) is 0 Å². The summed E-state index contributed by atoms with van der Waals surface area (Å²) in [6, 6.07) is 4.29. The van der Waals surface area contributed by atoms with Crippen LogP contribution in [0.4, 0.5) is 0 Å². The van der Waals surface area contributed by atoms with Crippen LogP contribution in [-0.2, 0) is 0 Å². The first-order valence-corrected chi connectivity index (χ1v) is 5.48. The average Bonchev–Trinajstić information content (AvgIpc) is 2.79. The molecule has 2 rings (SSSR count). The molecule has 0 spiro atoms. The van der Waals surface area contributed by atoms with Crippen LogP contribution >= 0.6 is 0 Å². The molecule has 84 valence electrons. The van der Waals surface area contributed by atoms with Crippen molar-refractivity contribution in [1.29, 1.82) is 0 Å². The van der Waals surface area contributed by atoms with E-state index in [-0.39, 0.29) is 6.04 Å². The van der Waals surface area contributed by atoms with Gasteiger partial charge in [0.15, 0.2) is 0 Å². The first kappa shape index (κ1) is 10.9. The van der Waals surface area contributed by atoms with Crippen molar-refractivity contribution in [2.45, 2.75) is 19.9 Å². The summed E-state index contributed by atoms with van der Waals surface area (Å²) in [7, 11) is 0. The van der Waals surface area contributed by atoms with Gasteiger partial charge in [0.05, 0.1) is 18.6 Å². The second-order valence-electron chi connectivity index (χ2n) is 3.84. The monoisotopic (exact) mass is 216 g/mol. The Morgan fingerprint density at radius 2 is 2.25 bits per heavy atom. The highest BCUT2D eigenvalue weighted by Crippen LogP contribution is 2.22. The van der Waals surface area contributed by atoms with Gasteiger partial charge in [0.25, 0.3) is 0 Å². The van der Waals surface area contributed by atoms with Gasteiger partial charge in [0, 0.05) is 18.0 Å². The molecule has 0 saturated heterocycles. The molecule has 0 bridgehead atoms. The van der Waals surface area contributed by atoms with Crippen molar-refractivity contribution in [2.24, 2.45) is 0 Å². The van der Waals surface area contributed by atoms with E-state index in [1.165, 1.54) is 11.1 Å². The van der Waals surface area contributed by atoms with Crippen LogP contribution in [0.3, 0.4) is 0 Å². The van der Waals surface area contributed by atoms with Crippen molar-refractivity contribution in [3.63, 3.8) is 0 Å². The summed E-state index contributed by atoms with van der Waals surface area (Å²) in [6.07, 6.45) is 7.23. The lowest BCUT2D eigenvalue weighted by atomic mass is 10.0. The van der Waals surface area contributed by atoms with E-state index in [4.69, 9.17) is 4.42 Å². The van der Waals surface area contributed by atoms with Crippen LogP contribution in [0.1, 0.15) is 29.7 Å². The molecule has 2 aromatic heterocycles. The van der Waals surface area contributed by atoms with E-state index in [9.17, 15) is 0 Å². The predicted molar refractivity (Wildman–Crippen MR) is 63.2 cm³/mol. The van der Waals surface area contributed by atoms with E-state index in [1.54, 1.807) is 12.5 Å². The fraction of sp³-hybridized carbons (Fsp3) is 0.308. The van der Waals surface area contributed by atoms with E-state index in [0.29, 0.717) is 0 Å². The molecule has 2 aromatic rings. The lowest BCUT2D eigenvalue weighted by Crippen LogP contribution is -2.21. The lowest BCUT2D eigenvalue weighted by Gasteiger charge is -2.16. The highest BCUT2D eigenvalue weighted by molar-refractivity contribution is 5.29. The molecule has 0 amide bonds. The third kappa shape index (κ3) is 2.31. The Bertz CT molecular complexity index is 437. The summed E-state index contributed by atoms with van der Waals surface area (Å²) >= 11 is 0. The fourth-order valence-corrected chi connectivity index (χ4v) is 1.81. The van der Waals surface area contributed by atoms with Crippen molar-refractivity contribution in [3.05, 3.63) is 53.7 Å². The molecule has 1 unspecified atom stereocenters. The Balaban J connectivity index is 2.33. The van der Waals surface area contributed by atoms with Crippen molar-refractivity contribution in [3.8, 4) is 0 Å². The zero-order valence-corrected chi connectivity index (χ0v) is 9.60. The molecule has 0 aromatic carbocycles. The van der Waals surface area contributed by atoms with Gasteiger partial charge in [-0.3, -0.25) is 4.98 Å². The van der Waals surface area contributed by atoms with Crippen LogP contribution in [0.25, 0.3) is 0 Å². The van der Waals surface area contributed by atoms with Crippen LogP contribution in [-0.4, -0.2) is 11.5 Å². The van der Waals surface area contributed by atoms with Gasteiger partial charge >= 0.3 is 0 Å². The molecule has 0 aliphatic carbocycles. The molecule has 2 heterocycles. The van der Waals surface area contributed by atoms with Gasteiger partial charge < -0.3 is 9.73 Å². The maximum absolute atomic E-state index is 5.13. The van der Waals surface area contributed by atoms with Crippen LogP contribution in [0.5, 0.6) is 0 Å². The number of nitrogens with zero attached hydrogens (tertiary/aromatic N) is 1. The minimum atomic E-state index is 0.163. The van der Waals surface area contributed by atoms with Gasteiger partial charge in [-0.15, -0.1) is 0 Å². The number of furan rings is 1. The summed E-state index contributed by atoms with van der Waals surface area (Å²) in [5, 5.41) is 3.43. The Morgan fingerprint density at radius 3 is 2.88 bits per heavy atom.